The van der Waals surface area contributed by atoms with Crippen molar-refractivity contribution >= 4 is 15.9 Å². The normalized spacial score (nSPS) is 24.1. The van der Waals surface area contributed by atoms with E-state index < -0.39 is 15.9 Å². The lowest BCUT2D eigenvalue weighted by Gasteiger charge is -2.32. The van der Waals surface area contributed by atoms with E-state index in [9.17, 15) is 13.2 Å². The predicted molar refractivity (Wildman–Crippen MR) is 76.3 cm³/mol. The number of morpholine rings is 1. The summed E-state index contributed by atoms with van der Waals surface area (Å²) in [6, 6.07) is -0.160. The third-order valence-electron chi connectivity index (χ3n) is 3.32. The van der Waals surface area contributed by atoms with Crippen molar-refractivity contribution < 1.29 is 17.9 Å². The van der Waals surface area contributed by atoms with Gasteiger partial charge in [0.05, 0.1) is 18.5 Å². The minimum atomic E-state index is -3.09. The first-order valence-electron chi connectivity index (χ1n) is 6.93. The molecule has 2 rings (SSSR count). The van der Waals surface area contributed by atoms with Gasteiger partial charge in [-0.2, -0.15) is 0 Å². The molecule has 1 aliphatic heterocycles. The zero-order valence-electron chi connectivity index (χ0n) is 11.7. The first-order chi connectivity index (χ1) is 9.44. The van der Waals surface area contributed by atoms with Gasteiger partial charge in [-0.1, -0.05) is 12.2 Å². The second-order valence-corrected chi connectivity index (χ2v) is 7.67. The number of hydrogen-bond acceptors (Lipinski definition) is 4. The lowest BCUT2D eigenvalue weighted by atomic mass is 10.3. The van der Waals surface area contributed by atoms with Crippen molar-refractivity contribution in [1.82, 2.24) is 10.2 Å². The molecule has 2 aliphatic rings. The first kappa shape index (κ1) is 15.3. The summed E-state index contributed by atoms with van der Waals surface area (Å²) in [5.74, 6) is 0.660. The van der Waals surface area contributed by atoms with Crippen LogP contribution in [0.3, 0.4) is 0 Å². The average Bonchev–Trinajstić information content (AvgIpc) is 3.16. The molecule has 6 nitrogen and oxygen atoms in total. The Labute approximate surface area is 120 Å². The maximum Gasteiger partial charge on any atom is 0.317 e. The van der Waals surface area contributed by atoms with E-state index in [0.717, 1.165) is 0 Å². The number of nitrogens with one attached hydrogen (secondary N) is 1. The van der Waals surface area contributed by atoms with Gasteiger partial charge in [-0.15, -0.1) is 0 Å². The molecule has 2 fully saturated rings. The molecule has 1 saturated carbocycles. The molecule has 20 heavy (non-hydrogen) atoms. The molecule has 0 unspecified atom stereocenters. The first-order valence-corrected chi connectivity index (χ1v) is 8.99. The third kappa shape index (κ3) is 5.50. The monoisotopic (exact) mass is 302 g/mol. The van der Waals surface area contributed by atoms with Crippen LogP contribution < -0.4 is 5.32 Å². The van der Waals surface area contributed by atoms with E-state index in [1.54, 1.807) is 4.90 Å². The number of nitrogens with zero attached hydrogens (tertiary/aromatic N) is 1. The lowest BCUT2D eigenvalue weighted by Crippen LogP contribution is -2.51. The van der Waals surface area contributed by atoms with Crippen molar-refractivity contribution in [3.63, 3.8) is 0 Å². The maximum absolute atomic E-state index is 11.9. The molecule has 0 radical (unpaired) electrons. The molecule has 7 heteroatoms. The number of carbonyl (C=O) groups excluding carboxylic acids is 1. The van der Waals surface area contributed by atoms with Crippen molar-refractivity contribution in [2.24, 2.45) is 5.92 Å². The molecule has 1 N–H and O–H groups in total. The van der Waals surface area contributed by atoms with Crippen molar-refractivity contribution in [2.75, 3.05) is 38.2 Å². The van der Waals surface area contributed by atoms with Crippen LogP contribution in [0.4, 0.5) is 4.79 Å². The summed E-state index contributed by atoms with van der Waals surface area (Å²) >= 11 is 0. The number of ether oxygens (including phenoxy) is 1. The number of hydrogen-bond donors (Lipinski definition) is 1. The van der Waals surface area contributed by atoms with Gasteiger partial charge in [0.15, 0.2) is 0 Å². The van der Waals surface area contributed by atoms with Gasteiger partial charge in [-0.3, -0.25) is 0 Å². The molecule has 0 aromatic rings. The minimum Gasteiger partial charge on any atom is -0.373 e. The molecular weight excluding hydrogens is 280 g/mol. The number of allylic oxidation sites excluding steroid dienone is 1. The lowest BCUT2D eigenvalue weighted by molar-refractivity contribution is -0.00151. The number of sulfone groups is 1. The molecule has 0 bridgehead atoms. The van der Waals surface area contributed by atoms with Crippen LogP contribution >= 0.6 is 0 Å². The predicted octanol–water partition coefficient (Wildman–Crippen LogP) is 0.408. The molecule has 0 aromatic carbocycles. The Bertz CT molecular complexity index is 471. The Balaban J connectivity index is 1.74. The van der Waals surface area contributed by atoms with E-state index >= 15 is 0 Å². The van der Waals surface area contributed by atoms with Gasteiger partial charge >= 0.3 is 6.03 Å². The molecule has 0 aromatic heterocycles. The van der Waals surface area contributed by atoms with Gasteiger partial charge < -0.3 is 15.0 Å². The summed E-state index contributed by atoms with van der Waals surface area (Å²) in [4.78, 5) is 13.6. The highest BCUT2D eigenvalue weighted by atomic mass is 32.2. The second kappa shape index (κ2) is 6.58. The number of urea groups is 1. The van der Waals surface area contributed by atoms with Crippen molar-refractivity contribution in [3.05, 3.63) is 12.2 Å². The number of carbonyl (C=O) groups is 1. The highest BCUT2D eigenvalue weighted by Crippen LogP contribution is 2.29. The van der Waals surface area contributed by atoms with Gasteiger partial charge in [0.2, 0.25) is 0 Å². The fourth-order valence-corrected chi connectivity index (χ4v) is 3.03. The van der Waals surface area contributed by atoms with Gasteiger partial charge in [0.25, 0.3) is 0 Å². The summed E-state index contributed by atoms with van der Waals surface area (Å²) in [6.45, 7) is 1.72. The fraction of sp³-hybridized carbons (Fsp3) is 0.769. The number of rotatable bonds is 5. The Hall–Kier alpha value is -1.08. The van der Waals surface area contributed by atoms with E-state index in [4.69, 9.17) is 4.74 Å². The zero-order chi connectivity index (χ0) is 14.6. The zero-order valence-corrected chi connectivity index (χ0v) is 12.6. The fourth-order valence-electron chi connectivity index (χ4n) is 2.15. The topological polar surface area (TPSA) is 75.7 Å². The van der Waals surface area contributed by atoms with Crippen LogP contribution in [0.1, 0.15) is 12.8 Å². The molecule has 0 spiro atoms. The van der Waals surface area contributed by atoms with Crippen LogP contribution in [-0.4, -0.2) is 63.7 Å². The summed E-state index contributed by atoms with van der Waals surface area (Å²) in [5, 5.41) is 2.81. The van der Waals surface area contributed by atoms with Crippen molar-refractivity contribution in [1.29, 1.82) is 0 Å². The van der Waals surface area contributed by atoms with Crippen LogP contribution in [-0.2, 0) is 14.6 Å². The van der Waals surface area contributed by atoms with E-state index in [1.807, 2.05) is 6.08 Å². The van der Waals surface area contributed by atoms with E-state index in [-0.39, 0.29) is 11.8 Å². The van der Waals surface area contributed by atoms with E-state index in [1.165, 1.54) is 19.1 Å². The standard InChI is InChI=1S/C13H22N2O4S/c1-20(17,18)10-12-9-15(7-8-19-12)13(16)14-6-2-3-11-4-5-11/h2-3,11-12H,4-10H2,1H3,(H,14,16)/t12-/m1/s1. The third-order valence-corrected chi connectivity index (χ3v) is 4.29. The maximum atomic E-state index is 11.9. The van der Waals surface area contributed by atoms with E-state index in [2.05, 4.69) is 11.4 Å². The second-order valence-electron chi connectivity index (χ2n) is 5.48. The van der Waals surface area contributed by atoms with Crippen LogP contribution in [0, 0.1) is 5.92 Å². The highest BCUT2D eigenvalue weighted by Gasteiger charge is 2.26. The van der Waals surface area contributed by atoms with Gasteiger partial charge in [0.1, 0.15) is 9.84 Å². The van der Waals surface area contributed by atoms with Gasteiger partial charge in [-0.05, 0) is 18.8 Å². The molecule has 1 atom stereocenters. The highest BCUT2D eigenvalue weighted by molar-refractivity contribution is 7.90. The largest absolute Gasteiger partial charge is 0.373 e. The molecule has 1 heterocycles. The molecule has 1 aliphatic carbocycles. The van der Waals surface area contributed by atoms with Crippen molar-refractivity contribution in [3.8, 4) is 0 Å². The summed E-state index contributed by atoms with van der Waals surface area (Å²) in [6.07, 6.45) is 7.36. The number of amides is 2. The van der Waals surface area contributed by atoms with Crippen LogP contribution in [0.5, 0.6) is 0 Å². The molecule has 2 amide bonds. The van der Waals surface area contributed by atoms with Gasteiger partial charge in [-0.25, -0.2) is 13.2 Å². The summed E-state index contributed by atoms with van der Waals surface area (Å²) in [7, 11) is -3.09. The smallest absolute Gasteiger partial charge is 0.317 e. The quantitative estimate of drug-likeness (QED) is 0.746. The Morgan fingerprint density at radius 2 is 2.20 bits per heavy atom. The molecule has 1 saturated heterocycles. The van der Waals surface area contributed by atoms with Crippen LogP contribution in [0.2, 0.25) is 0 Å². The van der Waals surface area contributed by atoms with Gasteiger partial charge in [0, 0.05) is 25.9 Å². The van der Waals surface area contributed by atoms with Crippen molar-refractivity contribution in [2.45, 2.75) is 18.9 Å². The summed E-state index contributed by atoms with van der Waals surface area (Å²) < 4.78 is 27.9. The van der Waals surface area contributed by atoms with E-state index in [0.29, 0.717) is 32.2 Å². The summed E-state index contributed by atoms with van der Waals surface area (Å²) in [5.41, 5.74) is 0. The Morgan fingerprint density at radius 1 is 1.45 bits per heavy atom. The minimum absolute atomic E-state index is 0.0433. The molecular formula is C13H22N2O4S. The Kier molecular flexibility index (Phi) is 5.04. The van der Waals surface area contributed by atoms with Crippen LogP contribution in [0.25, 0.3) is 0 Å². The average molecular weight is 302 g/mol. The SMILES string of the molecule is CS(=O)(=O)C[C@H]1CN(C(=O)NCC=CC2CC2)CCO1. The van der Waals surface area contributed by atoms with Crippen LogP contribution in [0.15, 0.2) is 12.2 Å². The molecule has 114 valence electrons. The Morgan fingerprint density at radius 3 is 2.85 bits per heavy atom.